The summed E-state index contributed by atoms with van der Waals surface area (Å²) in [6, 6.07) is 21.0. The van der Waals surface area contributed by atoms with Crippen molar-refractivity contribution in [3.63, 3.8) is 0 Å². The zero-order chi connectivity index (χ0) is 19.7. The van der Waals surface area contributed by atoms with Gasteiger partial charge in [-0.1, -0.05) is 48.5 Å². The van der Waals surface area contributed by atoms with Gasteiger partial charge in [0.25, 0.3) is 0 Å². The minimum atomic E-state index is 0.583. The van der Waals surface area contributed by atoms with Crippen LogP contribution in [0.15, 0.2) is 69.6 Å². The lowest BCUT2D eigenvalue weighted by molar-refractivity contribution is 0.335. The van der Waals surface area contributed by atoms with E-state index >= 15 is 0 Å². The second kappa shape index (κ2) is 8.14. The Kier molecular flexibility index (Phi) is 5.61. The summed E-state index contributed by atoms with van der Waals surface area (Å²) in [6.45, 7) is 5.18. The van der Waals surface area contributed by atoms with Gasteiger partial charge in [-0.25, -0.2) is 0 Å². The van der Waals surface area contributed by atoms with Crippen molar-refractivity contribution < 1.29 is 9.47 Å². The van der Waals surface area contributed by atoms with E-state index in [1.54, 1.807) is 0 Å². The van der Waals surface area contributed by atoms with E-state index in [-0.39, 0.29) is 0 Å². The molecule has 0 saturated carbocycles. The van der Waals surface area contributed by atoms with Gasteiger partial charge in [0.15, 0.2) is 0 Å². The van der Waals surface area contributed by atoms with E-state index in [9.17, 15) is 0 Å². The lowest BCUT2D eigenvalue weighted by Crippen LogP contribution is -2.01. The molecule has 0 amide bonds. The van der Waals surface area contributed by atoms with Crippen molar-refractivity contribution in [3.05, 3.63) is 69.6 Å². The van der Waals surface area contributed by atoms with Crippen LogP contribution in [0.4, 0.5) is 0 Å². The largest absolute Gasteiger partial charge is 0.492 e. The fourth-order valence-electron chi connectivity index (χ4n) is 3.66. The average molecular weight is 500 g/mol. The predicted octanol–water partition coefficient (Wildman–Crippen LogP) is 7.98. The van der Waals surface area contributed by atoms with Gasteiger partial charge in [0, 0.05) is 11.1 Å². The van der Waals surface area contributed by atoms with Crippen LogP contribution in [0, 0.1) is 0 Å². The second-order valence-electron chi connectivity index (χ2n) is 6.43. The van der Waals surface area contributed by atoms with Gasteiger partial charge in [-0.3, -0.25) is 0 Å². The summed E-state index contributed by atoms with van der Waals surface area (Å²) >= 11 is 7.47. The summed E-state index contributed by atoms with van der Waals surface area (Å²) in [5.41, 5.74) is 2.10. The normalized spacial score (nSPS) is 11.1. The van der Waals surface area contributed by atoms with Crippen LogP contribution < -0.4 is 9.47 Å². The monoisotopic (exact) mass is 498 g/mol. The van der Waals surface area contributed by atoms with Crippen molar-refractivity contribution in [1.29, 1.82) is 0 Å². The number of halogens is 2. The third kappa shape index (κ3) is 3.29. The van der Waals surface area contributed by atoms with E-state index in [2.05, 4.69) is 92.5 Å². The van der Waals surface area contributed by atoms with Crippen molar-refractivity contribution >= 4 is 53.4 Å². The van der Waals surface area contributed by atoms with Crippen LogP contribution in [0.3, 0.4) is 0 Å². The summed E-state index contributed by atoms with van der Waals surface area (Å²) < 4.78 is 14.1. The molecule has 0 heterocycles. The molecule has 0 unspecified atom stereocenters. The predicted molar refractivity (Wildman–Crippen MR) is 125 cm³/mol. The molecule has 0 spiro atoms. The van der Waals surface area contributed by atoms with E-state index in [4.69, 9.17) is 9.47 Å². The molecule has 0 aliphatic rings. The van der Waals surface area contributed by atoms with Crippen molar-refractivity contribution in [3.8, 4) is 22.6 Å². The van der Waals surface area contributed by atoms with E-state index in [0.717, 1.165) is 53.1 Å². The fraction of sp³-hybridized carbons (Fsp3) is 0.167. The minimum Gasteiger partial charge on any atom is -0.492 e. The smallest absolute Gasteiger partial charge is 0.142 e. The van der Waals surface area contributed by atoms with Gasteiger partial charge >= 0.3 is 0 Å². The third-order valence-electron chi connectivity index (χ3n) is 4.74. The van der Waals surface area contributed by atoms with Crippen LogP contribution in [0.1, 0.15) is 13.8 Å². The number of ether oxygens (including phenoxy) is 2. The quantitative estimate of drug-likeness (QED) is 0.277. The molecule has 0 radical (unpaired) electrons. The molecule has 0 bridgehead atoms. The summed E-state index contributed by atoms with van der Waals surface area (Å²) in [6.07, 6.45) is 0. The highest BCUT2D eigenvalue weighted by molar-refractivity contribution is 9.11. The molecule has 0 fully saturated rings. The van der Waals surface area contributed by atoms with E-state index in [0.29, 0.717) is 13.2 Å². The molecule has 0 saturated heterocycles. The first-order valence-electron chi connectivity index (χ1n) is 9.34. The second-order valence-corrected chi connectivity index (χ2v) is 8.14. The number of rotatable bonds is 5. The summed E-state index contributed by atoms with van der Waals surface area (Å²) in [4.78, 5) is 0. The van der Waals surface area contributed by atoms with Gasteiger partial charge in [-0.15, -0.1) is 0 Å². The Morgan fingerprint density at radius 3 is 1.43 bits per heavy atom. The van der Waals surface area contributed by atoms with Crippen LogP contribution in [-0.2, 0) is 0 Å². The molecule has 28 heavy (non-hydrogen) atoms. The molecular formula is C24H20Br2O2. The van der Waals surface area contributed by atoms with Crippen LogP contribution >= 0.6 is 31.9 Å². The van der Waals surface area contributed by atoms with E-state index < -0.39 is 0 Å². The standard InChI is InChI=1S/C24H20Br2O2/c1-3-27-23-19(25)13-15-9-5-7-11-17(15)21(23)22-18-12-8-6-10-16(18)14-20(26)24(22)28-4-2/h5-14H,3-4H2,1-2H3. The Morgan fingerprint density at radius 1 is 0.643 bits per heavy atom. The van der Waals surface area contributed by atoms with Crippen LogP contribution in [0.2, 0.25) is 0 Å². The maximum atomic E-state index is 6.13. The Bertz CT molecular complexity index is 1080. The Balaban J connectivity index is 2.23. The minimum absolute atomic E-state index is 0.583. The molecule has 0 aromatic heterocycles. The van der Waals surface area contributed by atoms with Crippen LogP contribution in [0.25, 0.3) is 32.7 Å². The van der Waals surface area contributed by atoms with E-state index in [1.807, 2.05) is 13.8 Å². The molecule has 0 atom stereocenters. The van der Waals surface area contributed by atoms with Crippen molar-refractivity contribution in [2.45, 2.75) is 13.8 Å². The molecule has 4 rings (SSSR count). The zero-order valence-electron chi connectivity index (χ0n) is 15.8. The average Bonchev–Trinajstić information content (AvgIpc) is 2.70. The Morgan fingerprint density at radius 2 is 1.04 bits per heavy atom. The lowest BCUT2D eigenvalue weighted by atomic mass is 9.92. The van der Waals surface area contributed by atoms with Crippen LogP contribution in [-0.4, -0.2) is 13.2 Å². The molecule has 0 N–H and O–H groups in total. The highest BCUT2D eigenvalue weighted by Gasteiger charge is 2.22. The van der Waals surface area contributed by atoms with Gasteiger partial charge in [0.1, 0.15) is 11.5 Å². The molecular weight excluding hydrogens is 480 g/mol. The molecule has 0 aliphatic heterocycles. The first-order valence-corrected chi connectivity index (χ1v) is 10.9. The molecule has 4 aromatic carbocycles. The molecule has 4 heteroatoms. The Labute approximate surface area is 181 Å². The van der Waals surface area contributed by atoms with Crippen molar-refractivity contribution in [2.24, 2.45) is 0 Å². The summed E-state index contributed by atoms with van der Waals surface area (Å²) in [5, 5.41) is 4.58. The number of hydrogen-bond donors (Lipinski definition) is 0. The third-order valence-corrected chi connectivity index (χ3v) is 5.92. The Hall–Kier alpha value is -2.04. The van der Waals surface area contributed by atoms with Gasteiger partial charge < -0.3 is 9.47 Å². The summed E-state index contributed by atoms with van der Waals surface area (Å²) in [5.74, 6) is 1.68. The van der Waals surface area contributed by atoms with Gasteiger partial charge in [0.05, 0.1) is 22.2 Å². The number of benzene rings is 4. The zero-order valence-corrected chi connectivity index (χ0v) is 18.9. The lowest BCUT2D eigenvalue weighted by Gasteiger charge is -2.21. The number of fused-ring (bicyclic) bond motifs is 2. The number of hydrogen-bond acceptors (Lipinski definition) is 2. The van der Waals surface area contributed by atoms with Crippen molar-refractivity contribution in [1.82, 2.24) is 0 Å². The first-order chi connectivity index (χ1) is 13.7. The highest BCUT2D eigenvalue weighted by atomic mass is 79.9. The molecule has 0 aliphatic carbocycles. The van der Waals surface area contributed by atoms with Gasteiger partial charge in [0.2, 0.25) is 0 Å². The molecule has 2 nitrogen and oxygen atoms in total. The first kappa shape index (κ1) is 19.3. The fourth-order valence-corrected chi connectivity index (χ4v) is 4.77. The van der Waals surface area contributed by atoms with E-state index in [1.165, 1.54) is 0 Å². The van der Waals surface area contributed by atoms with Gasteiger partial charge in [-0.2, -0.15) is 0 Å². The van der Waals surface area contributed by atoms with Crippen molar-refractivity contribution in [2.75, 3.05) is 13.2 Å². The maximum Gasteiger partial charge on any atom is 0.142 e. The maximum absolute atomic E-state index is 6.13. The SMILES string of the molecule is CCOc1c(Br)cc2ccccc2c1-c1c(OCC)c(Br)cc2ccccc12. The van der Waals surface area contributed by atoms with Crippen LogP contribution in [0.5, 0.6) is 11.5 Å². The molecule has 142 valence electrons. The summed E-state index contributed by atoms with van der Waals surface area (Å²) in [7, 11) is 0. The molecule has 4 aromatic rings. The highest BCUT2D eigenvalue weighted by Crippen LogP contribution is 2.50. The topological polar surface area (TPSA) is 18.5 Å². The van der Waals surface area contributed by atoms with Gasteiger partial charge in [-0.05, 0) is 79.4 Å².